The average molecular weight is 304 g/mol. The summed E-state index contributed by atoms with van der Waals surface area (Å²) >= 11 is 0. The number of rotatable bonds is 3. The van der Waals surface area contributed by atoms with E-state index in [-0.39, 0.29) is 24.4 Å². The largest absolute Gasteiger partial charge is 0.337 e. The zero-order chi connectivity index (χ0) is 14.1. The molecule has 0 aliphatic rings. The minimum atomic E-state index is -0.230. The van der Waals surface area contributed by atoms with E-state index in [1.165, 1.54) is 0 Å². The molecule has 0 saturated carbocycles. The molecular formula is C16H18ClN3O. The summed E-state index contributed by atoms with van der Waals surface area (Å²) in [6, 6.07) is 14.0. The first kappa shape index (κ1) is 15.5. The SMILES string of the molecule is CC(C)C(N)c1nc(-c2cccc3ccccc23)no1.Cl. The molecule has 1 atom stereocenters. The minimum Gasteiger partial charge on any atom is -0.337 e. The van der Waals surface area contributed by atoms with Crippen LogP contribution in [-0.2, 0) is 0 Å². The lowest BCUT2D eigenvalue weighted by atomic mass is 10.0. The van der Waals surface area contributed by atoms with Gasteiger partial charge in [0, 0.05) is 5.56 Å². The summed E-state index contributed by atoms with van der Waals surface area (Å²) in [5.74, 6) is 1.34. The molecular weight excluding hydrogens is 286 g/mol. The molecule has 5 heteroatoms. The molecule has 21 heavy (non-hydrogen) atoms. The number of hydrogen-bond donors (Lipinski definition) is 1. The molecule has 3 rings (SSSR count). The topological polar surface area (TPSA) is 64.9 Å². The Morgan fingerprint density at radius 2 is 1.76 bits per heavy atom. The van der Waals surface area contributed by atoms with Crippen molar-refractivity contribution in [2.75, 3.05) is 0 Å². The Morgan fingerprint density at radius 1 is 1.05 bits per heavy atom. The quantitative estimate of drug-likeness (QED) is 0.795. The van der Waals surface area contributed by atoms with Crippen LogP contribution in [0.4, 0.5) is 0 Å². The zero-order valence-electron chi connectivity index (χ0n) is 12.0. The number of nitrogens with two attached hydrogens (primary N) is 1. The fourth-order valence-electron chi connectivity index (χ4n) is 2.19. The molecule has 110 valence electrons. The van der Waals surface area contributed by atoms with Crippen LogP contribution in [0.3, 0.4) is 0 Å². The lowest BCUT2D eigenvalue weighted by Crippen LogP contribution is -2.16. The van der Waals surface area contributed by atoms with Crippen molar-refractivity contribution in [3.05, 3.63) is 48.4 Å². The molecule has 3 aromatic rings. The zero-order valence-corrected chi connectivity index (χ0v) is 12.8. The summed E-state index contributed by atoms with van der Waals surface area (Å²) < 4.78 is 5.30. The van der Waals surface area contributed by atoms with Crippen molar-refractivity contribution in [1.29, 1.82) is 0 Å². The van der Waals surface area contributed by atoms with Crippen molar-refractivity contribution in [2.24, 2.45) is 11.7 Å². The first-order valence-corrected chi connectivity index (χ1v) is 6.74. The lowest BCUT2D eigenvalue weighted by molar-refractivity contribution is 0.325. The summed E-state index contributed by atoms with van der Waals surface area (Å²) in [6.07, 6.45) is 0. The Hall–Kier alpha value is -1.91. The van der Waals surface area contributed by atoms with Crippen LogP contribution in [0, 0.1) is 5.92 Å². The Labute approximate surface area is 129 Å². The normalized spacial score (nSPS) is 12.4. The van der Waals surface area contributed by atoms with Crippen LogP contribution in [0.5, 0.6) is 0 Å². The minimum absolute atomic E-state index is 0. The Bertz CT molecular complexity index is 734. The van der Waals surface area contributed by atoms with E-state index in [0.717, 1.165) is 16.3 Å². The Kier molecular flexibility index (Phi) is 4.60. The van der Waals surface area contributed by atoms with Crippen molar-refractivity contribution in [1.82, 2.24) is 10.1 Å². The van der Waals surface area contributed by atoms with Crippen molar-refractivity contribution in [3.8, 4) is 11.4 Å². The van der Waals surface area contributed by atoms with Crippen molar-refractivity contribution in [3.63, 3.8) is 0 Å². The number of nitrogens with zero attached hydrogens (tertiary/aromatic N) is 2. The predicted molar refractivity (Wildman–Crippen MR) is 86.3 cm³/mol. The van der Waals surface area contributed by atoms with Crippen LogP contribution in [0.15, 0.2) is 47.0 Å². The highest BCUT2D eigenvalue weighted by atomic mass is 35.5. The van der Waals surface area contributed by atoms with Gasteiger partial charge in [-0.25, -0.2) is 0 Å². The van der Waals surface area contributed by atoms with Gasteiger partial charge in [0.05, 0.1) is 6.04 Å². The van der Waals surface area contributed by atoms with Gasteiger partial charge in [0.15, 0.2) is 0 Å². The molecule has 0 spiro atoms. The summed E-state index contributed by atoms with van der Waals surface area (Å²) in [5, 5.41) is 6.34. The fraction of sp³-hybridized carbons (Fsp3) is 0.250. The molecule has 0 bridgehead atoms. The smallest absolute Gasteiger partial charge is 0.244 e. The van der Waals surface area contributed by atoms with Gasteiger partial charge in [-0.2, -0.15) is 4.98 Å². The summed E-state index contributed by atoms with van der Waals surface area (Å²) in [7, 11) is 0. The average Bonchev–Trinajstić information content (AvgIpc) is 2.95. The standard InChI is InChI=1S/C16H17N3O.ClH/c1-10(2)14(17)16-18-15(19-20-16)13-9-5-7-11-6-3-4-8-12(11)13;/h3-10,14H,17H2,1-2H3;1H. The Morgan fingerprint density at radius 3 is 2.52 bits per heavy atom. The number of benzene rings is 2. The van der Waals surface area contributed by atoms with E-state index in [0.29, 0.717) is 11.7 Å². The Balaban J connectivity index is 0.00000161. The van der Waals surface area contributed by atoms with E-state index < -0.39 is 0 Å². The van der Waals surface area contributed by atoms with E-state index >= 15 is 0 Å². The number of hydrogen-bond acceptors (Lipinski definition) is 4. The maximum Gasteiger partial charge on any atom is 0.244 e. The van der Waals surface area contributed by atoms with Crippen molar-refractivity contribution in [2.45, 2.75) is 19.9 Å². The van der Waals surface area contributed by atoms with Crippen molar-refractivity contribution < 1.29 is 4.52 Å². The molecule has 0 aliphatic carbocycles. The monoisotopic (exact) mass is 303 g/mol. The van der Waals surface area contributed by atoms with Crippen LogP contribution >= 0.6 is 12.4 Å². The van der Waals surface area contributed by atoms with E-state index in [4.69, 9.17) is 10.3 Å². The maximum atomic E-state index is 6.05. The molecule has 0 saturated heterocycles. The number of fused-ring (bicyclic) bond motifs is 1. The van der Waals surface area contributed by atoms with Gasteiger partial charge in [0.1, 0.15) is 0 Å². The van der Waals surface area contributed by atoms with Gasteiger partial charge in [-0.3, -0.25) is 0 Å². The molecule has 1 heterocycles. The third-order valence-corrected chi connectivity index (χ3v) is 3.48. The van der Waals surface area contributed by atoms with Crippen LogP contribution < -0.4 is 5.73 Å². The molecule has 1 aromatic heterocycles. The molecule has 4 nitrogen and oxygen atoms in total. The van der Waals surface area contributed by atoms with Gasteiger partial charge < -0.3 is 10.3 Å². The first-order chi connectivity index (χ1) is 9.66. The third kappa shape index (κ3) is 2.91. The molecule has 0 fully saturated rings. The second-order valence-electron chi connectivity index (χ2n) is 5.25. The molecule has 2 aromatic carbocycles. The molecule has 2 N–H and O–H groups in total. The van der Waals surface area contributed by atoms with Crippen LogP contribution in [0.25, 0.3) is 22.2 Å². The van der Waals surface area contributed by atoms with Crippen LogP contribution in [-0.4, -0.2) is 10.1 Å². The first-order valence-electron chi connectivity index (χ1n) is 6.74. The van der Waals surface area contributed by atoms with Gasteiger partial charge >= 0.3 is 0 Å². The van der Waals surface area contributed by atoms with Gasteiger partial charge in [0.2, 0.25) is 11.7 Å². The highest BCUT2D eigenvalue weighted by Crippen LogP contribution is 2.27. The highest BCUT2D eigenvalue weighted by Gasteiger charge is 2.19. The summed E-state index contributed by atoms with van der Waals surface area (Å²) in [6.45, 7) is 4.07. The highest BCUT2D eigenvalue weighted by molar-refractivity contribution is 5.94. The lowest BCUT2D eigenvalue weighted by Gasteiger charge is -2.09. The summed E-state index contributed by atoms with van der Waals surface area (Å²) in [4.78, 5) is 4.45. The molecule has 1 unspecified atom stereocenters. The van der Waals surface area contributed by atoms with E-state index in [1.54, 1.807) is 0 Å². The van der Waals surface area contributed by atoms with E-state index in [1.807, 2.05) is 38.1 Å². The fourth-order valence-corrected chi connectivity index (χ4v) is 2.19. The van der Waals surface area contributed by atoms with Crippen LogP contribution in [0.2, 0.25) is 0 Å². The summed E-state index contributed by atoms with van der Waals surface area (Å²) in [5.41, 5.74) is 7.01. The number of halogens is 1. The predicted octanol–water partition coefficient (Wildman–Crippen LogP) is 3.97. The third-order valence-electron chi connectivity index (χ3n) is 3.48. The van der Waals surface area contributed by atoms with Gasteiger partial charge in [-0.05, 0) is 16.7 Å². The van der Waals surface area contributed by atoms with E-state index in [9.17, 15) is 0 Å². The van der Waals surface area contributed by atoms with Gasteiger partial charge in [-0.15, -0.1) is 12.4 Å². The van der Waals surface area contributed by atoms with Crippen molar-refractivity contribution >= 4 is 23.2 Å². The van der Waals surface area contributed by atoms with Crippen LogP contribution in [0.1, 0.15) is 25.8 Å². The maximum absolute atomic E-state index is 6.05. The van der Waals surface area contributed by atoms with E-state index in [2.05, 4.69) is 28.3 Å². The second-order valence-corrected chi connectivity index (χ2v) is 5.25. The molecule has 0 aliphatic heterocycles. The number of aromatic nitrogens is 2. The van der Waals surface area contributed by atoms with Gasteiger partial charge in [-0.1, -0.05) is 61.5 Å². The molecule has 0 radical (unpaired) electrons. The second kappa shape index (κ2) is 6.24. The van der Waals surface area contributed by atoms with Gasteiger partial charge in [0.25, 0.3) is 0 Å². The molecule has 0 amide bonds.